The van der Waals surface area contributed by atoms with Crippen LogP contribution in [0.5, 0.6) is 0 Å². The molecular formula is C12H22N6. The van der Waals surface area contributed by atoms with Crippen molar-refractivity contribution < 1.29 is 0 Å². The number of hydrogen-bond donors (Lipinski definition) is 3. The van der Waals surface area contributed by atoms with Crippen molar-refractivity contribution in [3.63, 3.8) is 0 Å². The third kappa shape index (κ3) is 2.26. The van der Waals surface area contributed by atoms with Gasteiger partial charge in [0.15, 0.2) is 0 Å². The lowest BCUT2D eigenvalue weighted by Gasteiger charge is -2.47. The summed E-state index contributed by atoms with van der Waals surface area (Å²) < 4.78 is 0. The summed E-state index contributed by atoms with van der Waals surface area (Å²) in [5, 5.41) is 3.42. The number of rotatable bonds is 5. The van der Waals surface area contributed by atoms with Gasteiger partial charge in [-0.15, -0.1) is 0 Å². The molecule has 1 aliphatic rings. The molecule has 0 spiro atoms. The largest absolute Gasteiger partial charge is 0.368 e. The zero-order chi connectivity index (χ0) is 13.2. The SMILES string of the molecule is Cc1c(NN)ncnc1NCC1(N(C)C)CCC1. The minimum atomic E-state index is 0.272. The molecule has 18 heavy (non-hydrogen) atoms. The summed E-state index contributed by atoms with van der Waals surface area (Å²) in [6.07, 6.45) is 5.30. The number of nitrogens with one attached hydrogen (secondary N) is 2. The molecule has 0 aromatic carbocycles. The maximum atomic E-state index is 5.41. The summed E-state index contributed by atoms with van der Waals surface area (Å²) in [5.74, 6) is 6.93. The first-order valence-corrected chi connectivity index (χ1v) is 6.28. The molecule has 0 unspecified atom stereocenters. The van der Waals surface area contributed by atoms with Gasteiger partial charge in [-0.25, -0.2) is 15.8 Å². The van der Waals surface area contributed by atoms with E-state index < -0.39 is 0 Å². The van der Waals surface area contributed by atoms with Gasteiger partial charge in [0.2, 0.25) is 0 Å². The lowest BCUT2D eigenvalue weighted by Crippen LogP contribution is -2.54. The minimum absolute atomic E-state index is 0.272. The van der Waals surface area contributed by atoms with Crippen LogP contribution in [0.1, 0.15) is 24.8 Å². The first-order valence-electron chi connectivity index (χ1n) is 6.28. The van der Waals surface area contributed by atoms with Gasteiger partial charge in [0.05, 0.1) is 0 Å². The Bertz CT molecular complexity index is 413. The second-order valence-electron chi connectivity index (χ2n) is 5.17. The fourth-order valence-electron chi connectivity index (χ4n) is 2.39. The lowest BCUT2D eigenvalue weighted by molar-refractivity contribution is 0.0738. The second-order valence-corrected chi connectivity index (χ2v) is 5.17. The molecule has 6 heteroatoms. The Morgan fingerprint density at radius 2 is 2.00 bits per heavy atom. The molecule has 4 N–H and O–H groups in total. The molecule has 1 aromatic heterocycles. The van der Waals surface area contributed by atoms with Crippen LogP contribution in [0.2, 0.25) is 0 Å². The third-order valence-electron chi connectivity index (χ3n) is 4.04. The Morgan fingerprint density at radius 3 is 2.50 bits per heavy atom. The molecule has 1 heterocycles. The third-order valence-corrected chi connectivity index (χ3v) is 4.04. The Hall–Kier alpha value is -1.40. The highest BCUT2D eigenvalue weighted by molar-refractivity contribution is 5.55. The zero-order valence-electron chi connectivity index (χ0n) is 11.3. The van der Waals surface area contributed by atoms with E-state index in [2.05, 4.69) is 39.7 Å². The van der Waals surface area contributed by atoms with Gasteiger partial charge in [-0.1, -0.05) is 0 Å². The molecule has 6 nitrogen and oxygen atoms in total. The van der Waals surface area contributed by atoms with Crippen LogP contribution >= 0.6 is 0 Å². The zero-order valence-corrected chi connectivity index (χ0v) is 11.3. The van der Waals surface area contributed by atoms with E-state index in [4.69, 9.17) is 5.84 Å². The fourth-order valence-corrected chi connectivity index (χ4v) is 2.39. The second kappa shape index (κ2) is 5.07. The van der Waals surface area contributed by atoms with Crippen molar-refractivity contribution in [1.29, 1.82) is 0 Å². The highest BCUT2D eigenvalue weighted by Crippen LogP contribution is 2.36. The topological polar surface area (TPSA) is 79.1 Å². The smallest absolute Gasteiger partial charge is 0.148 e. The monoisotopic (exact) mass is 250 g/mol. The average Bonchev–Trinajstić information content (AvgIpc) is 2.29. The number of likely N-dealkylation sites (N-methyl/N-ethyl adjacent to an activating group) is 1. The van der Waals surface area contributed by atoms with Crippen molar-refractivity contribution in [3.05, 3.63) is 11.9 Å². The molecule has 1 saturated carbocycles. The van der Waals surface area contributed by atoms with E-state index >= 15 is 0 Å². The van der Waals surface area contributed by atoms with Crippen LogP contribution in [-0.4, -0.2) is 41.0 Å². The van der Waals surface area contributed by atoms with Crippen LogP contribution in [0.15, 0.2) is 6.33 Å². The molecule has 0 amide bonds. The van der Waals surface area contributed by atoms with E-state index in [1.54, 1.807) is 0 Å². The van der Waals surface area contributed by atoms with Gasteiger partial charge >= 0.3 is 0 Å². The van der Waals surface area contributed by atoms with Gasteiger partial charge in [-0.3, -0.25) is 0 Å². The van der Waals surface area contributed by atoms with Crippen molar-refractivity contribution in [3.8, 4) is 0 Å². The molecule has 0 aliphatic heterocycles. The molecule has 100 valence electrons. The normalized spacial score (nSPS) is 17.4. The predicted octanol–water partition coefficient (Wildman–Crippen LogP) is 0.967. The van der Waals surface area contributed by atoms with E-state index in [1.807, 2.05) is 6.92 Å². The summed E-state index contributed by atoms with van der Waals surface area (Å²) >= 11 is 0. The highest BCUT2D eigenvalue weighted by atomic mass is 15.3. The van der Waals surface area contributed by atoms with Crippen LogP contribution in [0.3, 0.4) is 0 Å². The molecule has 0 radical (unpaired) electrons. The first-order chi connectivity index (χ1) is 8.59. The van der Waals surface area contributed by atoms with Crippen molar-refractivity contribution >= 4 is 11.6 Å². The molecule has 2 rings (SSSR count). The number of nitrogen functional groups attached to an aromatic ring is 1. The number of hydrazine groups is 1. The molecule has 1 aliphatic carbocycles. The van der Waals surface area contributed by atoms with E-state index in [9.17, 15) is 0 Å². The van der Waals surface area contributed by atoms with Crippen molar-refractivity contribution in [1.82, 2.24) is 14.9 Å². The van der Waals surface area contributed by atoms with Gasteiger partial charge in [-0.2, -0.15) is 0 Å². The summed E-state index contributed by atoms with van der Waals surface area (Å²) in [4.78, 5) is 10.7. The molecule has 0 bridgehead atoms. The van der Waals surface area contributed by atoms with Crippen LogP contribution in [0, 0.1) is 6.92 Å². The summed E-state index contributed by atoms with van der Waals surface area (Å²) in [7, 11) is 4.28. The Kier molecular flexibility index (Phi) is 3.68. The Balaban J connectivity index is 2.06. The molecule has 0 saturated heterocycles. The minimum Gasteiger partial charge on any atom is -0.368 e. The van der Waals surface area contributed by atoms with Gasteiger partial charge in [0.1, 0.15) is 18.0 Å². The van der Waals surface area contributed by atoms with Crippen molar-refractivity contribution in [2.75, 3.05) is 31.4 Å². The van der Waals surface area contributed by atoms with Crippen LogP contribution in [0.25, 0.3) is 0 Å². The van der Waals surface area contributed by atoms with Gasteiger partial charge in [-0.05, 0) is 40.3 Å². The van der Waals surface area contributed by atoms with Crippen LogP contribution in [0.4, 0.5) is 11.6 Å². The molecule has 0 atom stereocenters. The van der Waals surface area contributed by atoms with Crippen molar-refractivity contribution in [2.24, 2.45) is 5.84 Å². The van der Waals surface area contributed by atoms with Crippen LogP contribution < -0.4 is 16.6 Å². The fraction of sp³-hybridized carbons (Fsp3) is 0.667. The standard InChI is InChI=1S/C12H22N6/c1-9-10(15-8-16-11(9)17-13)14-7-12(18(2)3)5-4-6-12/h8H,4-7,13H2,1-3H3,(H2,14,15,16,17). The van der Waals surface area contributed by atoms with Gasteiger partial charge in [0, 0.05) is 17.6 Å². The Morgan fingerprint density at radius 1 is 1.33 bits per heavy atom. The summed E-state index contributed by atoms with van der Waals surface area (Å²) in [5.41, 5.74) is 3.81. The summed E-state index contributed by atoms with van der Waals surface area (Å²) in [6, 6.07) is 0. The number of nitrogens with zero attached hydrogens (tertiary/aromatic N) is 3. The van der Waals surface area contributed by atoms with E-state index in [0.29, 0.717) is 5.82 Å². The van der Waals surface area contributed by atoms with Crippen molar-refractivity contribution in [2.45, 2.75) is 31.7 Å². The number of aromatic nitrogens is 2. The number of anilines is 2. The van der Waals surface area contributed by atoms with E-state index in [0.717, 1.165) is 17.9 Å². The Labute approximate surface area is 108 Å². The van der Waals surface area contributed by atoms with Gasteiger partial charge in [0.25, 0.3) is 0 Å². The van der Waals surface area contributed by atoms with E-state index in [-0.39, 0.29) is 5.54 Å². The van der Waals surface area contributed by atoms with E-state index in [1.165, 1.54) is 25.6 Å². The molecule has 1 aromatic rings. The van der Waals surface area contributed by atoms with Crippen LogP contribution in [-0.2, 0) is 0 Å². The lowest BCUT2D eigenvalue weighted by atomic mass is 9.75. The number of nitrogens with two attached hydrogens (primary N) is 1. The molecule has 1 fully saturated rings. The molecular weight excluding hydrogens is 228 g/mol. The predicted molar refractivity (Wildman–Crippen MR) is 73.3 cm³/mol. The average molecular weight is 250 g/mol. The first kappa shape index (κ1) is 13.0. The van der Waals surface area contributed by atoms with Gasteiger partial charge < -0.3 is 15.6 Å². The summed E-state index contributed by atoms with van der Waals surface area (Å²) in [6.45, 7) is 2.86. The number of hydrogen-bond acceptors (Lipinski definition) is 6. The quantitative estimate of drug-likeness (QED) is 0.534. The maximum absolute atomic E-state index is 5.41. The highest BCUT2D eigenvalue weighted by Gasteiger charge is 2.38. The maximum Gasteiger partial charge on any atom is 0.148 e.